The summed E-state index contributed by atoms with van der Waals surface area (Å²) in [7, 11) is -3.24. The number of imidazole rings is 1. The number of ether oxygens (including phenoxy) is 1. The van der Waals surface area contributed by atoms with Crippen LogP contribution in [0.1, 0.15) is 38.5 Å². The monoisotopic (exact) mass is 621 g/mol. The van der Waals surface area contributed by atoms with Gasteiger partial charge in [-0.15, -0.1) is 0 Å². The van der Waals surface area contributed by atoms with E-state index in [9.17, 15) is 29.5 Å². The molecule has 4 rings (SSSR count). The molecule has 1 aromatic carbocycles. The second-order valence-electron chi connectivity index (χ2n) is 9.74. The first-order chi connectivity index (χ1) is 20.6. The third kappa shape index (κ3) is 7.72. The van der Waals surface area contributed by atoms with E-state index in [-0.39, 0.29) is 61.7 Å². The van der Waals surface area contributed by atoms with E-state index in [1.165, 1.54) is 17.2 Å². The lowest BCUT2D eigenvalue weighted by Crippen LogP contribution is -2.47. The van der Waals surface area contributed by atoms with Crippen molar-refractivity contribution in [2.75, 3.05) is 30.8 Å². The van der Waals surface area contributed by atoms with Crippen molar-refractivity contribution in [1.29, 1.82) is 0 Å². The van der Waals surface area contributed by atoms with Crippen molar-refractivity contribution < 1.29 is 43.3 Å². The van der Waals surface area contributed by atoms with Crippen LogP contribution in [0, 0.1) is 0 Å². The number of nitrogens with one attached hydrogen (secondary N) is 2. The molecule has 5 atom stereocenters. The maximum absolute atomic E-state index is 12.7. The lowest BCUT2D eigenvalue weighted by molar-refractivity contribution is -0.143. The minimum Gasteiger partial charge on any atom is -0.387 e. The molecule has 17 heteroatoms. The Balaban J connectivity index is 1.22. The lowest BCUT2D eigenvalue weighted by Gasteiger charge is -2.20. The van der Waals surface area contributed by atoms with Gasteiger partial charge in [0.15, 0.2) is 23.8 Å². The summed E-state index contributed by atoms with van der Waals surface area (Å²) in [5.41, 5.74) is 7.57. The van der Waals surface area contributed by atoms with Crippen LogP contribution in [-0.4, -0.2) is 90.8 Å². The number of carbonyl (C=O) groups excluding carboxylic acids is 2. The van der Waals surface area contributed by atoms with Crippen LogP contribution in [-0.2, 0) is 34.1 Å². The van der Waals surface area contributed by atoms with Gasteiger partial charge in [-0.05, 0) is 38.0 Å². The van der Waals surface area contributed by atoms with Gasteiger partial charge >= 0.3 is 7.60 Å². The maximum atomic E-state index is 12.7. The topological polar surface area (TPSA) is 233 Å². The number of carbonyl (C=O) groups is 2. The molecule has 234 valence electrons. The molecule has 0 spiro atoms. The van der Waals surface area contributed by atoms with Gasteiger partial charge in [-0.3, -0.25) is 18.7 Å². The average Bonchev–Trinajstić information content (AvgIpc) is 3.53. The van der Waals surface area contributed by atoms with Gasteiger partial charge in [0.2, 0.25) is 5.91 Å². The van der Waals surface area contributed by atoms with Gasteiger partial charge in [-0.2, -0.15) is 0 Å². The normalized spacial score (nSPS) is 21.1. The highest BCUT2D eigenvalue weighted by molar-refractivity contribution is 7.53. The smallest absolute Gasteiger partial charge is 0.335 e. The highest BCUT2D eigenvalue weighted by Gasteiger charge is 2.49. The molecule has 1 saturated heterocycles. The summed E-state index contributed by atoms with van der Waals surface area (Å²) in [5.74, 6) is -1.02. The van der Waals surface area contributed by atoms with Gasteiger partial charge in [0, 0.05) is 18.7 Å². The molecule has 2 aromatic heterocycles. The number of amides is 2. The minimum absolute atomic E-state index is 0.0591. The van der Waals surface area contributed by atoms with E-state index >= 15 is 0 Å². The SMILES string of the molecule is CCOP(=O)(Cc1ccc(NC(=O)CCCNC(=O)C(O)[C@H]2O[C@@H](n3cnc4c(N)ncnc43)[C@H](O)[C@@H]2O)cc1)OCC. The van der Waals surface area contributed by atoms with Crippen LogP contribution >= 0.6 is 7.60 Å². The summed E-state index contributed by atoms with van der Waals surface area (Å²) in [5, 5.41) is 36.8. The molecule has 0 radical (unpaired) electrons. The molecule has 0 saturated carbocycles. The van der Waals surface area contributed by atoms with E-state index < -0.39 is 44.1 Å². The maximum Gasteiger partial charge on any atom is 0.335 e. The Hall–Kier alpha value is -3.50. The number of nitrogens with two attached hydrogens (primary N) is 1. The Kier molecular flexibility index (Phi) is 10.8. The second kappa shape index (κ2) is 14.3. The number of fused-ring (bicyclic) bond motifs is 1. The van der Waals surface area contributed by atoms with Gasteiger partial charge in [-0.1, -0.05) is 12.1 Å². The first-order valence-electron chi connectivity index (χ1n) is 13.7. The van der Waals surface area contributed by atoms with Crippen LogP contribution in [0.2, 0.25) is 0 Å². The number of rotatable bonds is 14. The largest absolute Gasteiger partial charge is 0.387 e. The highest BCUT2D eigenvalue weighted by Crippen LogP contribution is 2.51. The number of hydrogen-bond donors (Lipinski definition) is 6. The molecule has 3 heterocycles. The Morgan fingerprint density at radius 1 is 1.12 bits per heavy atom. The van der Waals surface area contributed by atoms with Crippen LogP contribution in [0.15, 0.2) is 36.9 Å². The number of benzene rings is 1. The second-order valence-corrected chi connectivity index (χ2v) is 11.8. The number of aliphatic hydroxyl groups is 3. The number of hydrogen-bond acceptors (Lipinski definition) is 13. The number of aromatic nitrogens is 4. The number of nitrogen functional groups attached to an aromatic ring is 1. The predicted octanol–water partition coefficient (Wildman–Crippen LogP) is 0.690. The van der Waals surface area contributed by atoms with E-state index in [1.807, 2.05) is 0 Å². The van der Waals surface area contributed by atoms with E-state index in [4.69, 9.17) is 19.5 Å². The molecule has 16 nitrogen and oxygen atoms in total. The van der Waals surface area contributed by atoms with Gasteiger partial charge in [0.1, 0.15) is 30.2 Å². The number of aliphatic hydroxyl groups excluding tert-OH is 3. The first kappa shape index (κ1) is 32.4. The molecule has 0 bridgehead atoms. The van der Waals surface area contributed by atoms with Gasteiger partial charge < -0.3 is 45.5 Å². The summed E-state index contributed by atoms with van der Waals surface area (Å²) in [4.78, 5) is 36.9. The third-order valence-electron chi connectivity index (χ3n) is 6.66. The quantitative estimate of drug-likeness (QED) is 0.108. The predicted molar refractivity (Wildman–Crippen MR) is 154 cm³/mol. The zero-order valence-corrected chi connectivity index (χ0v) is 24.6. The Bertz CT molecular complexity index is 1440. The zero-order chi connectivity index (χ0) is 31.1. The lowest BCUT2D eigenvalue weighted by atomic mass is 10.0. The molecule has 7 N–H and O–H groups in total. The Labute approximate surface area is 247 Å². The third-order valence-corrected chi connectivity index (χ3v) is 8.72. The Morgan fingerprint density at radius 3 is 2.49 bits per heavy atom. The van der Waals surface area contributed by atoms with E-state index in [0.29, 0.717) is 5.69 Å². The molecular formula is C26H36N7O9P. The van der Waals surface area contributed by atoms with Crippen LogP contribution in [0.4, 0.5) is 11.5 Å². The number of nitrogens with zero attached hydrogens (tertiary/aromatic N) is 4. The van der Waals surface area contributed by atoms with E-state index in [1.54, 1.807) is 38.1 Å². The molecule has 3 aromatic rings. The fourth-order valence-corrected chi connectivity index (χ4v) is 6.31. The molecule has 0 aliphatic carbocycles. The molecule has 1 aliphatic rings. The van der Waals surface area contributed by atoms with E-state index in [0.717, 1.165) is 5.56 Å². The molecule has 1 aliphatic heterocycles. The fraction of sp³-hybridized carbons (Fsp3) is 0.500. The van der Waals surface area contributed by atoms with Crippen molar-refractivity contribution in [3.05, 3.63) is 42.5 Å². The fourth-order valence-electron chi connectivity index (χ4n) is 4.61. The van der Waals surface area contributed by atoms with Crippen molar-refractivity contribution in [2.24, 2.45) is 0 Å². The van der Waals surface area contributed by atoms with Gasteiger partial charge in [0.05, 0.1) is 25.7 Å². The zero-order valence-electron chi connectivity index (χ0n) is 23.7. The standard InChI is InChI=1S/C26H36N7O9P/c1-3-40-43(39,41-4-2)12-15-7-9-16(10-8-15)32-17(34)6-5-11-28-25(38)21(37)22-19(35)20(36)26(42-22)33-14-31-18-23(27)29-13-30-24(18)33/h7-10,13-14,19-22,26,35-37H,3-6,11-12H2,1-2H3,(H,28,38)(H,32,34)(H2,27,29,30)/t19-,20+,21?,22-,26+/m0/s1. The van der Waals surface area contributed by atoms with E-state index in [2.05, 4.69) is 25.6 Å². The summed E-state index contributed by atoms with van der Waals surface area (Å²) < 4.78 is 30.3. The van der Waals surface area contributed by atoms with Crippen molar-refractivity contribution in [1.82, 2.24) is 24.8 Å². The van der Waals surface area contributed by atoms with Crippen LogP contribution in [0.3, 0.4) is 0 Å². The van der Waals surface area contributed by atoms with Crippen LogP contribution in [0.5, 0.6) is 0 Å². The first-order valence-corrected chi connectivity index (χ1v) is 15.5. The average molecular weight is 622 g/mol. The molecule has 1 unspecified atom stereocenters. The summed E-state index contributed by atoms with van der Waals surface area (Å²) in [6.45, 7) is 4.07. The van der Waals surface area contributed by atoms with Crippen molar-refractivity contribution >= 4 is 42.1 Å². The molecule has 2 amide bonds. The molecule has 43 heavy (non-hydrogen) atoms. The number of anilines is 2. The van der Waals surface area contributed by atoms with Gasteiger partial charge in [0.25, 0.3) is 5.91 Å². The van der Waals surface area contributed by atoms with Crippen molar-refractivity contribution in [2.45, 2.75) is 63.5 Å². The Morgan fingerprint density at radius 2 is 1.81 bits per heavy atom. The summed E-state index contributed by atoms with van der Waals surface area (Å²) >= 11 is 0. The minimum atomic E-state index is -3.24. The molecular weight excluding hydrogens is 585 g/mol. The van der Waals surface area contributed by atoms with Crippen LogP contribution in [0.25, 0.3) is 11.2 Å². The van der Waals surface area contributed by atoms with Crippen LogP contribution < -0.4 is 16.4 Å². The van der Waals surface area contributed by atoms with Crippen molar-refractivity contribution in [3.63, 3.8) is 0 Å². The highest BCUT2D eigenvalue weighted by atomic mass is 31.2. The van der Waals surface area contributed by atoms with Gasteiger partial charge in [-0.25, -0.2) is 15.0 Å². The summed E-state index contributed by atoms with van der Waals surface area (Å²) in [6.07, 6.45) is -4.59. The summed E-state index contributed by atoms with van der Waals surface area (Å²) in [6, 6.07) is 6.80. The molecule has 1 fully saturated rings. The van der Waals surface area contributed by atoms with Crippen molar-refractivity contribution in [3.8, 4) is 0 Å².